The topological polar surface area (TPSA) is 32.3 Å². The van der Waals surface area contributed by atoms with Gasteiger partial charge in [0.15, 0.2) is 0 Å². The van der Waals surface area contributed by atoms with Crippen molar-refractivity contribution in [3.05, 3.63) is 35.9 Å². The summed E-state index contributed by atoms with van der Waals surface area (Å²) in [6, 6.07) is 11.0. The van der Waals surface area contributed by atoms with Crippen LogP contribution in [0.3, 0.4) is 0 Å². The summed E-state index contributed by atoms with van der Waals surface area (Å²) >= 11 is 0. The van der Waals surface area contributed by atoms with Gasteiger partial charge in [-0.2, -0.15) is 0 Å². The predicted octanol–water partition coefficient (Wildman–Crippen LogP) is 2.67. The molecular formula is C13H20ClNO. The van der Waals surface area contributed by atoms with E-state index in [1.54, 1.807) is 0 Å². The molecule has 1 aliphatic carbocycles. The fourth-order valence-corrected chi connectivity index (χ4v) is 2.29. The van der Waals surface area contributed by atoms with Crippen LogP contribution in [0.1, 0.15) is 37.8 Å². The van der Waals surface area contributed by atoms with Gasteiger partial charge in [-0.1, -0.05) is 30.3 Å². The van der Waals surface area contributed by atoms with Crippen molar-refractivity contribution in [3.8, 4) is 0 Å². The first kappa shape index (κ1) is 13.5. The molecule has 1 fully saturated rings. The molecule has 1 aromatic carbocycles. The van der Waals surface area contributed by atoms with Crippen molar-refractivity contribution in [2.45, 2.75) is 44.4 Å². The zero-order valence-corrected chi connectivity index (χ0v) is 10.4. The van der Waals surface area contributed by atoms with Gasteiger partial charge >= 0.3 is 0 Å². The molecule has 0 heterocycles. The summed E-state index contributed by atoms with van der Waals surface area (Å²) in [5, 5.41) is 13.2. The Bertz CT molecular complexity index is 304. The van der Waals surface area contributed by atoms with E-state index in [1.165, 1.54) is 5.56 Å². The molecule has 3 atom stereocenters. The van der Waals surface area contributed by atoms with E-state index in [2.05, 4.69) is 36.5 Å². The predicted molar refractivity (Wildman–Crippen MR) is 68.9 cm³/mol. The Morgan fingerprint density at radius 2 is 1.94 bits per heavy atom. The third-order valence-electron chi connectivity index (χ3n) is 3.24. The Morgan fingerprint density at radius 1 is 1.25 bits per heavy atom. The van der Waals surface area contributed by atoms with E-state index >= 15 is 0 Å². The third kappa shape index (κ3) is 3.21. The van der Waals surface area contributed by atoms with E-state index in [0.717, 1.165) is 19.3 Å². The Hall–Kier alpha value is -0.570. The minimum absolute atomic E-state index is 0. The summed E-state index contributed by atoms with van der Waals surface area (Å²) in [5.41, 5.74) is 1.29. The maximum atomic E-state index is 9.72. The van der Waals surface area contributed by atoms with E-state index in [-0.39, 0.29) is 24.6 Å². The first-order valence-corrected chi connectivity index (χ1v) is 5.76. The second kappa shape index (κ2) is 6.24. The number of rotatable bonds is 3. The van der Waals surface area contributed by atoms with Crippen LogP contribution in [0, 0.1) is 0 Å². The SMILES string of the molecule is C[C@@H](N[C@H]1CCC[C@@H]1O)c1ccccc1.Cl. The molecule has 3 heteroatoms. The number of aliphatic hydroxyl groups is 1. The molecule has 2 rings (SSSR count). The fourth-order valence-electron chi connectivity index (χ4n) is 2.29. The first-order valence-electron chi connectivity index (χ1n) is 5.76. The van der Waals surface area contributed by atoms with Gasteiger partial charge < -0.3 is 10.4 Å². The van der Waals surface area contributed by atoms with Crippen LogP contribution in [0.25, 0.3) is 0 Å². The van der Waals surface area contributed by atoms with Gasteiger partial charge in [0.25, 0.3) is 0 Å². The molecule has 0 bridgehead atoms. The lowest BCUT2D eigenvalue weighted by atomic mass is 10.1. The Morgan fingerprint density at radius 3 is 2.50 bits per heavy atom. The van der Waals surface area contributed by atoms with E-state index in [1.807, 2.05) is 6.07 Å². The number of halogens is 1. The molecule has 0 radical (unpaired) electrons. The second-order valence-corrected chi connectivity index (χ2v) is 4.40. The van der Waals surface area contributed by atoms with Crippen molar-refractivity contribution in [1.29, 1.82) is 0 Å². The summed E-state index contributed by atoms with van der Waals surface area (Å²) < 4.78 is 0. The molecule has 1 saturated carbocycles. The quantitative estimate of drug-likeness (QED) is 0.853. The van der Waals surface area contributed by atoms with E-state index in [0.29, 0.717) is 6.04 Å². The van der Waals surface area contributed by atoms with E-state index in [9.17, 15) is 5.11 Å². The van der Waals surface area contributed by atoms with Crippen molar-refractivity contribution >= 4 is 12.4 Å². The molecule has 1 aromatic rings. The Balaban J connectivity index is 0.00000128. The van der Waals surface area contributed by atoms with E-state index < -0.39 is 0 Å². The van der Waals surface area contributed by atoms with Crippen LogP contribution < -0.4 is 5.32 Å². The minimum Gasteiger partial charge on any atom is -0.392 e. The molecule has 90 valence electrons. The van der Waals surface area contributed by atoms with Crippen LogP contribution >= 0.6 is 12.4 Å². The van der Waals surface area contributed by atoms with Gasteiger partial charge in [0.05, 0.1) is 6.10 Å². The standard InChI is InChI=1S/C13H19NO.ClH/c1-10(11-6-3-2-4-7-11)14-12-8-5-9-13(12)15;/h2-4,6-7,10,12-15H,5,8-9H2,1H3;1H/t10-,12+,13+;/m1./s1. The van der Waals surface area contributed by atoms with Gasteiger partial charge in [-0.15, -0.1) is 12.4 Å². The first-order chi connectivity index (χ1) is 7.27. The van der Waals surface area contributed by atoms with Gasteiger partial charge in [0.1, 0.15) is 0 Å². The van der Waals surface area contributed by atoms with Gasteiger partial charge in [-0.3, -0.25) is 0 Å². The second-order valence-electron chi connectivity index (χ2n) is 4.40. The average Bonchev–Trinajstić information content (AvgIpc) is 2.66. The molecule has 0 amide bonds. The molecule has 1 aliphatic rings. The van der Waals surface area contributed by atoms with Crippen LogP contribution in [-0.2, 0) is 0 Å². The van der Waals surface area contributed by atoms with Crippen molar-refractivity contribution in [1.82, 2.24) is 5.32 Å². The smallest absolute Gasteiger partial charge is 0.0693 e. The third-order valence-corrected chi connectivity index (χ3v) is 3.24. The maximum absolute atomic E-state index is 9.72. The molecule has 0 spiro atoms. The summed E-state index contributed by atoms with van der Waals surface area (Å²) in [6.45, 7) is 2.15. The van der Waals surface area contributed by atoms with Crippen LogP contribution in [0.15, 0.2) is 30.3 Å². The van der Waals surface area contributed by atoms with Crippen molar-refractivity contribution in [3.63, 3.8) is 0 Å². The van der Waals surface area contributed by atoms with E-state index in [4.69, 9.17) is 0 Å². The molecule has 16 heavy (non-hydrogen) atoms. The van der Waals surface area contributed by atoms with Crippen molar-refractivity contribution < 1.29 is 5.11 Å². The monoisotopic (exact) mass is 241 g/mol. The number of nitrogens with one attached hydrogen (secondary N) is 1. The zero-order chi connectivity index (χ0) is 10.7. The maximum Gasteiger partial charge on any atom is 0.0693 e. The minimum atomic E-state index is -0.156. The Kier molecular flexibility index (Phi) is 5.26. The number of aliphatic hydroxyl groups excluding tert-OH is 1. The number of benzene rings is 1. The fraction of sp³-hybridized carbons (Fsp3) is 0.538. The average molecular weight is 242 g/mol. The summed E-state index contributed by atoms with van der Waals surface area (Å²) in [6.07, 6.45) is 3.02. The molecule has 2 N–H and O–H groups in total. The highest BCUT2D eigenvalue weighted by Crippen LogP contribution is 2.22. The highest BCUT2D eigenvalue weighted by Gasteiger charge is 2.26. The lowest BCUT2D eigenvalue weighted by Gasteiger charge is -2.22. The van der Waals surface area contributed by atoms with Gasteiger partial charge in [-0.05, 0) is 31.7 Å². The largest absolute Gasteiger partial charge is 0.392 e. The van der Waals surface area contributed by atoms with Gasteiger partial charge in [0, 0.05) is 12.1 Å². The summed E-state index contributed by atoms with van der Waals surface area (Å²) in [5.74, 6) is 0. The van der Waals surface area contributed by atoms with Gasteiger partial charge in [0.2, 0.25) is 0 Å². The lowest BCUT2D eigenvalue weighted by Crippen LogP contribution is -2.37. The molecule has 2 nitrogen and oxygen atoms in total. The lowest BCUT2D eigenvalue weighted by molar-refractivity contribution is 0.144. The van der Waals surface area contributed by atoms with Crippen LogP contribution in [-0.4, -0.2) is 17.3 Å². The Labute approximate surface area is 103 Å². The number of hydrogen-bond acceptors (Lipinski definition) is 2. The van der Waals surface area contributed by atoms with Crippen LogP contribution in [0.5, 0.6) is 0 Å². The number of hydrogen-bond donors (Lipinski definition) is 2. The van der Waals surface area contributed by atoms with Crippen molar-refractivity contribution in [2.75, 3.05) is 0 Å². The highest BCUT2D eigenvalue weighted by atomic mass is 35.5. The van der Waals surface area contributed by atoms with Crippen molar-refractivity contribution in [2.24, 2.45) is 0 Å². The highest BCUT2D eigenvalue weighted by molar-refractivity contribution is 5.85. The zero-order valence-electron chi connectivity index (χ0n) is 9.60. The summed E-state index contributed by atoms with van der Waals surface area (Å²) in [4.78, 5) is 0. The molecule has 0 saturated heterocycles. The molecular weight excluding hydrogens is 222 g/mol. The van der Waals surface area contributed by atoms with Crippen LogP contribution in [0.2, 0.25) is 0 Å². The normalized spacial score (nSPS) is 26.1. The summed E-state index contributed by atoms with van der Waals surface area (Å²) in [7, 11) is 0. The van der Waals surface area contributed by atoms with Gasteiger partial charge in [-0.25, -0.2) is 0 Å². The molecule has 0 unspecified atom stereocenters. The molecule has 0 aromatic heterocycles. The van der Waals surface area contributed by atoms with Crippen LogP contribution in [0.4, 0.5) is 0 Å². The molecule has 0 aliphatic heterocycles.